The molecule has 0 aliphatic carbocycles. The predicted octanol–water partition coefficient (Wildman–Crippen LogP) is 3.92. The topological polar surface area (TPSA) is 86.5 Å². The summed E-state index contributed by atoms with van der Waals surface area (Å²) in [6, 6.07) is 13.1. The molecule has 9 heteroatoms. The average molecular weight is 389 g/mol. The molecular formula is C19H17F2N3O4. The molecule has 0 aliphatic rings. The third kappa shape index (κ3) is 5.03. The van der Waals surface area contributed by atoms with Crippen LogP contribution in [-0.4, -0.2) is 29.8 Å². The van der Waals surface area contributed by atoms with Gasteiger partial charge in [-0.05, 0) is 36.4 Å². The molecule has 2 aromatic carbocycles. The molecule has 0 radical (unpaired) electrons. The molecule has 0 spiro atoms. The number of halogens is 2. The highest BCUT2D eigenvalue weighted by Gasteiger charge is 2.14. The Morgan fingerprint density at radius 1 is 1.18 bits per heavy atom. The number of carbonyl (C=O) groups is 1. The number of aromatic nitrogens is 2. The molecule has 3 rings (SSSR count). The molecule has 0 aliphatic heterocycles. The van der Waals surface area contributed by atoms with Crippen LogP contribution in [0.4, 0.5) is 14.5 Å². The molecule has 1 aromatic heterocycles. The van der Waals surface area contributed by atoms with Gasteiger partial charge in [-0.2, -0.15) is 13.8 Å². The fourth-order valence-corrected chi connectivity index (χ4v) is 2.42. The number of amides is 1. The lowest BCUT2D eigenvalue weighted by Gasteiger charge is -2.11. The number of hydrogen-bond donors (Lipinski definition) is 1. The molecule has 7 nitrogen and oxygen atoms in total. The van der Waals surface area contributed by atoms with E-state index >= 15 is 0 Å². The van der Waals surface area contributed by atoms with Gasteiger partial charge in [0.15, 0.2) is 0 Å². The summed E-state index contributed by atoms with van der Waals surface area (Å²) in [5.41, 5.74) is 0.913. The number of benzene rings is 2. The van der Waals surface area contributed by atoms with Crippen molar-refractivity contribution >= 4 is 11.6 Å². The minimum absolute atomic E-state index is 0.0350. The quantitative estimate of drug-likeness (QED) is 0.628. The number of alkyl halides is 2. The van der Waals surface area contributed by atoms with Crippen molar-refractivity contribution in [2.45, 2.75) is 19.5 Å². The van der Waals surface area contributed by atoms with E-state index in [0.717, 1.165) is 5.56 Å². The van der Waals surface area contributed by atoms with Crippen LogP contribution in [0.15, 0.2) is 53.1 Å². The summed E-state index contributed by atoms with van der Waals surface area (Å²) in [6.07, 6.45) is 0.236. The lowest BCUT2D eigenvalue weighted by atomic mass is 10.2. The maximum Gasteiger partial charge on any atom is 0.387 e. The van der Waals surface area contributed by atoms with E-state index in [1.807, 2.05) is 0 Å². The van der Waals surface area contributed by atoms with Crippen molar-refractivity contribution in [3.05, 3.63) is 54.4 Å². The van der Waals surface area contributed by atoms with Gasteiger partial charge in [-0.15, -0.1) is 0 Å². The average Bonchev–Trinajstić information content (AvgIpc) is 3.17. The zero-order valence-electron chi connectivity index (χ0n) is 14.9. The number of anilines is 1. The van der Waals surface area contributed by atoms with Crippen LogP contribution >= 0.6 is 0 Å². The number of nitrogens with one attached hydrogen (secondary N) is 1. The van der Waals surface area contributed by atoms with Crippen molar-refractivity contribution < 1.29 is 27.6 Å². The van der Waals surface area contributed by atoms with Crippen molar-refractivity contribution in [1.82, 2.24) is 10.1 Å². The predicted molar refractivity (Wildman–Crippen MR) is 96.3 cm³/mol. The Kier molecular flexibility index (Phi) is 6.15. The van der Waals surface area contributed by atoms with Crippen molar-refractivity contribution in [2.24, 2.45) is 0 Å². The van der Waals surface area contributed by atoms with E-state index in [2.05, 4.69) is 20.2 Å². The molecule has 146 valence electrons. The Bertz CT molecular complexity index is 929. The molecule has 1 amide bonds. The first-order valence-electron chi connectivity index (χ1n) is 8.36. The van der Waals surface area contributed by atoms with Gasteiger partial charge in [0.25, 0.3) is 0 Å². The smallest absolute Gasteiger partial charge is 0.387 e. The van der Waals surface area contributed by atoms with Gasteiger partial charge in [0.2, 0.25) is 17.6 Å². The van der Waals surface area contributed by atoms with Gasteiger partial charge in [0.05, 0.1) is 12.8 Å². The van der Waals surface area contributed by atoms with Crippen LogP contribution in [0, 0.1) is 0 Å². The largest absolute Gasteiger partial charge is 0.497 e. The van der Waals surface area contributed by atoms with Gasteiger partial charge in [-0.1, -0.05) is 17.3 Å². The van der Waals surface area contributed by atoms with E-state index in [4.69, 9.17) is 9.26 Å². The van der Waals surface area contributed by atoms with Gasteiger partial charge in [-0.3, -0.25) is 4.79 Å². The third-order valence-corrected chi connectivity index (χ3v) is 3.76. The van der Waals surface area contributed by atoms with Crippen LogP contribution in [0.25, 0.3) is 11.4 Å². The second-order valence-corrected chi connectivity index (χ2v) is 5.66. The van der Waals surface area contributed by atoms with Crippen LogP contribution in [-0.2, 0) is 11.2 Å². The van der Waals surface area contributed by atoms with E-state index in [1.54, 1.807) is 37.4 Å². The highest BCUT2D eigenvalue weighted by molar-refractivity contribution is 5.92. The van der Waals surface area contributed by atoms with Gasteiger partial charge in [0.1, 0.15) is 11.5 Å². The molecule has 0 atom stereocenters. The van der Waals surface area contributed by atoms with Crippen LogP contribution in [0.2, 0.25) is 0 Å². The summed E-state index contributed by atoms with van der Waals surface area (Å²) in [5.74, 6) is 0.895. The van der Waals surface area contributed by atoms with Gasteiger partial charge in [0, 0.05) is 18.4 Å². The Morgan fingerprint density at radius 2 is 1.93 bits per heavy atom. The van der Waals surface area contributed by atoms with E-state index < -0.39 is 12.5 Å². The van der Waals surface area contributed by atoms with E-state index in [0.29, 0.717) is 11.6 Å². The molecule has 0 saturated carbocycles. The molecule has 28 heavy (non-hydrogen) atoms. The van der Waals surface area contributed by atoms with Crippen LogP contribution in [0.5, 0.6) is 11.5 Å². The van der Waals surface area contributed by atoms with E-state index in [-0.39, 0.29) is 30.2 Å². The first-order chi connectivity index (χ1) is 13.5. The number of carbonyl (C=O) groups excluding carboxylic acids is 1. The molecule has 0 fully saturated rings. The number of aryl methyl sites for hydroxylation is 1. The zero-order valence-corrected chi connectivity index (χ0v) is 14.9. The first kappa shape index (κ1) is 19.3. The molecule has 0 saturated heterocycles. The van der Waals surface area contributed by atoms with Crippen LogP contribution in [0.1, 0.15) is 12.3 Å². The Labute approximate surface area is 159 Å². The summed E-state index contributed by atoms with van der Waals surface area (Å²) < 4.78 is 39.5. The minimum atomic E-state index is -2.98. The Hall–Kier alpha value is -3.49. The number of ether oxygens (including phenoxy) is 2. The lowest BCUT2D eigenvalue weighted by molar-refractivity contribution is -0.116. The fourth-order valence-electron chi connectivity index (χ4n) is 2.42. The van der Waals surface area contributed by atoms with E-state index in [1.165, 1.54) is 18.2 Å². The second-order valence-electron chi connectivity index (χ2n) is 5.66. The van der Waals surface area contributed by atoms with Crippen molar-refractivity contribution in [3.8, 4) is 22.9 Å². The Morgan fingerprint density at radius 3 is 2.64 bits per heavy atom. The van der Waals surface area contributed by atoms with Crippen LogP contribution < -0.4 is 14.8 Å². The number of hydrogen-bond acceptors (Lipinski definition) is 6. The number of rotatable bonds is 8. The minimum Gasteiger partial charge on any atom is -0.497 e. The molecule has 3 aromatic rings. The summed E-state index contributed by atoms with van der Waals surface area (Å²) in [4.78, 5) is 16.4. The molecular weight excluding hydrogens is 372 g/mol. The number of para-hydroxylation sites is 2. The third-order valence-electron chi connectivity index (χ3n) is 3.76. The van der Waals surface area contributed by atoms with Crippen molar-refractivity contribution in [2.75, 3.05) is 12.4 Å². The lowest BCUT2D eigenvalue weighted by Crippen LogP contribution is -2.14. The summed E-state index contributed by atoms with van der Waals surface area (Å²) in [5, 5.41) is 6.42. The SMILES string of the molecule is COc1ccc(-c2noc(CCC(=O)Nc3ccccc3OC(F)F)n2)cc1. The molecule has 0 unspecified atom stereocenters. The maximum atomic E-state index is 12.4. The van der Waals surface area contributed by atoms with Gasteiger partial charge >= 0.3 is 6.61 Å². The monoisotopic (exact) mass is 389 g/mol. The number of methoxy groups -OCH3 is 1. The first-order valence-corrected chi connectivity index (χ1v) is 8.36. The highest BCUT2D eigenvalue weighted by atomic mass is 19.3. The maximum absolute atomic E-state index is 12.4. The fraction of sp³-hybridized carbons (Fsp3) is 0.211. The highest BCUT2D eigenvalue weighted by Crippen LogP contribution is 2.26. The second kappa shape index (κ2) is 8.94. The normalized spacial score (nSPS) is 10.7. The number of nitrogens with zero attached hydrogens (tertiary/aromatic N) is 2. The van der Waals surface area contributed by atoms with Crippen molar-refractivity contribution in [1.29, 1.82) is 0 Å². The van der Waals surface area contributed by atoms with Crippen molar-refractivity contribution in [3.63, 3.8) is 0 Å². The summed E-state index contributed by atoms with van der Waals surface area (Å²) in [7, 11) is 1.57. The zero-order chi connectivity index (χ0) is 19.9. The standard InChI is InChI=1S/C19H17F2N3O4/c1-26-13-8-6-12(7-9-13)18-23-17(28-24-18)11-10-16(25)22-14-4-2-3-5-15(14)27-19(20)21/h2-9,19H,10-11H2,1H3,(H,22,25). The summed E-state index contributed by atoms with van der Waals surface area (Å²) in [6.45, 7) is -2.98. The summed E-state index contributed by atoms with van der Waals surface area (Å²) >= 11 is 0. The van der Waals surface area contributed by atoms with E-state index in [9.17, 15) is 13.6 Å². The van der Waals surface area contributed by atoms with Gasteiger partial charge < -0.3 is 19.3 Å². The molecule has 1 N–H and O–H groups in total. The molecule has 0 bridgehead atoms. The van der Waals surface area contributed by atoms with Crippen LogP contribution in [0.3, 0.4) is 0 Å². The molecule has 1 heterocycles. The Balaban J connectivity index is 1.57. The van der Waals surface area contributed by atoms with Gasteiger partial charge in [-0.25, -0.2) is 0 Å².